The number of nitrogens with zero attached hydrogens (tertiary/aromatic N) is 2. The van der Waals surface area contributed by atoms with Gasteiger partial charge in [-0.05, 0) is 56.7 Å². The van der Waals surface area contributed by atoms with Crippen LogP contribution in [0.25, 0.3) is 0 Å². The molecule has 0 spiro atoms. The molecule has 1 aromatic carbocycles. The fraction of sp³-hybridized carbons (Fsp3) is 0.690. The molecule has 0 radical (unpaired) electrons. The lowest BCUT2D eigenvalue weighted by molar-refractivity contribution is -0.124. The molecule has 2 aliphatic heterocycles. The molecule has 34 heavy (non-hydrogen) atoms. The molecule has 1 aliphatic carbocycles. The molecule has 1 aromatic rings. The Morgan fingerprint density at radius 1 is 1.06 bits per heavy atom. The van der Waals surface area contributed by atoms with Crippen LogP contribution in [0.15, 0.2) is 40.7 Å². The van der Waals surface area contributed by atoms with Crippen molar-refractivity contribution in [3.63, 3.8) is 0 Å². The zero-order valence-corrected chi connectivity index (χ0v) is 22.2. The zero-order valence-electron chi connectivity index (χ0n) is 22.2. The van der Waals surface area contributed by atoms with E-state index in [1.165, 1.54) is 44.1 Å². The molecule has 5 nitrogen and oxygen atoms in total. The Hall–Kier alpha value is -1.85. The quantitative estimate of drug-likeness (QED) is 0.506. The highest BCUT2D eigenvalue weighted by atomic mass is 16.5. The second kappa shape index (κ2) is 11.3. The molecule has 0 saturated heterocycles. The number of rotatable bonds is 7. The molecule has 1 fully saturated rings. The van der Waals surface area contributed by atoms with Crippen molar-refractivity contribution in [1.29, 1.82) is 0 Å². The van der Waals surface area contributed by atoms with Crippen LogP contribution in [0.4, 0.5) is 0 Å². The molecule has 1 saturated carbocycles. The number of methoxy groups -OCH3 is 1. The third-order valence-electron chi connectivity index (χ3n) is 7.91. The molecule has 4 rings (SSSR count). The second-order valence-corrected chi connectivity index (χ2v) is 10.6. The Kier molecular flexibility index (Phi) is 8.86. The highest BCUT2D eigenvalue weighted by Gasteiger charge is 2.51. The molecule has 3 unspecified atom stereocenters. The summed E-state index contributed by atoms with van der Waals surface area (Å²) in [6, 6.07) is 8.20. The van der Waals surface area contributed by atoms with Gasteiger partial charge in [0.15, 0.2) is 0 Å². The number of aliphatic imine (C=N–C) groups is 1. The van der Waals surface area contributed by atoms with Gasteiger partial charge in [-0.2, -0.15) is 0 Å². The van der Waals surface area contributed by atoms with Gasteiger partial charge in [0.1, 0.15) is 17.3 Å². The van der Waals surface area contributed by atoms with Gasteiger partial charge in [0.2, 0.25) is 0 Å². The maximum Gasteiger partial charge on any atom is 0.139 e. The second-order valence-electron chi connectivity index (χ2n) is 10.6. The standard InChI is InChI=1S/C27H40N2O3.C2H6/c1-26(30)18-27(2,31)29(3)25-24(26)22(17-20-13-15-21(32-4)16-14-20)23(28-25)12-8-11-19-9-6-5-7-10-19;1-2/h13-16,19,22,30-31H,5-12,17-18H2,1-4H3;1-2H3. The van der Waals surface area contributed by atoms with Crippen molar-refractivity contribution in [2.75, 3.05) is 14.2 Å². The average molecular weight is 471 g/mol. The van der Waals surface area contributed by atoms with Crippen molar-refractivity contribution < 1.29 is 14.9 Å². The van der Waals surface area contributed by atoms with Gasteiger partial charge in [0, 0.05) is 30.7 Å². The molecular weight excluding hydrogens is 424 g/mol. The third kappa shape index (κ3) is 5.85. The van der Waals surface area contributed by atoms with Crippen LogP contribution in [0, 0.1) is 11.8 Å². The topological polar surface area (TPSA) is 65.3 Å². The summed E-state index contributed by atoms with van der Waals surface area (Å²) in [7, 11) is 3.57. The van der Waals surface area contributed by atoms with E-state index in [1.54, 1.807) is 14.0 Å². The van der Waals surface area contributed by atoms with E-state index in [-0.39, 0.29) is 12.3 Å². The highest BCUT2D eigenvalue weighted by Crippen LogP contribution is 2.47. The van der Waals surface area contributed by atoms with Crippen LogP contribution in [-0.2, 0) is 6.42 Å². The maximum absolute atomic E-state index is 11.4. The summed E-state index contributed by atoms with van der Waals surface area (Å²) >= 11 is 0. The van der Waals surface area contributed by atoms with Gasteiger partial charge >= 0.3 is 0 Å². The number of hydrogen-bond acceptors (Lipinski definition) is 5. The van der Waals surface area contributed by atoms with E-state index in [0.717, 1.165) is 48.0 Å². The molecule has 190 valence electrons. The smallest absolute Gasteiger partial charge is 0.139 e. The fourth-order valence-corrected chi connectivity index (χ4v) is 6.06. The SMILES string of the molecule is CC.COc1ccc(CC2C(CCCC3CCCCC3)=NC3=C2C(C)(O)CC(C)(O)N3C)cc1. The Morgan fingerprint density at radius 2 is 1.71 bits per heavy atom. The molecule has 0 bridgehead atoms. The lowest BCUT2D eigenvalue weighted by Crippen LogP contribution is -2.54. The molecule has 0 aromatic heterocycles. The van der Waals surface area contributed by atoms with E-state index in [4.69, 9.17) is 9.73 Å². The van der Waals surface area contributed by atoms with Crippen molar-refractivity contribution in [3.05, 3.63) is 41.2 Å². The molecule has 2 heterocycles. The van der Waals surface area contributed by atoms with Crippen molar-refractivity contribution in [3.8, 4) is 5.75 Å². The first kappa shape index (κ1) is 26.7. The van der Waals surface area contributed by atoms with Gasteiger partial charge in [-0.1, -0.05) is 64.5 Å². The summed E-state index contributed by atoms with van der Waals surface area (Å²) in [5.74, 6) is 2.54. The molecule has 0 amide bonds. The van der Waals surface area contributed by atoms with Gasteiger partial charge in [-0.15, -0.1) is 0 Å². The fourth-order valence-electron chi connectivity index (χ4n) is 6.06. The van der Waals surface area contributed by atoms with E-state index in [1.807, 2.05) is 44.9 Å². The minimum Gasteiger partial charge on any atom is -0.497 e. The molecule has 2 N–H and O–H groups in total. The third-order valence-corrected chi connectivity index (χ3v) is 7.91. The van der Waals surface area contributed by atoms with Crippen LogP contribution in [-0.4, -0.2) is 46.3 Å². The summed E-state index contributed by atoms with van der Waals surface area (Å²) in [5, 5.41) is 22.4. The van der Waals surface area contributed by atoms with Crippen LogP contribution in [0.1, 0.15) is 91.0 Å². The maximum atomic E-state index is 11.4. The summed E-state index contributed by atoms with van der Waals surface area (Å²) < 4.78 is 5.32. The molecule has 3 atom stereocenters. The van der Waals surface area contributed by atoms with Crippen LogP contribution in [0.5, 0.6) is 5.75 Å². The van der Waals surface area contributed by atoms with Gasteiger partial charge < -0.3 is 19.8 Å². The lowest BCUT2D eigenvalue weighted by atomic mass is 9.74. The van der Waals surface area contributed by atoms with Crippen molar-refractivity contribution >= 4 is 5.71 Å². The minimum absolute atomic E-state index is 0.0679. The van der Waals surface area contributed by atoms with Crippen LogP contribution < -0.4 is 4.74 Å². The summed E-state index contributed by atoms with van der Waals surface area (Å²) in [6.45, 7) is 7.60. The van der Waals surface area contributed by atoms with Crippen LogP contribution >= 0.6 is 0 Å². The first-order valence-corrected chi connectivity index (χ1v) is 13.3. The Bertz CT molecular complexity index is 864. The summed E-state index contributed by atoms with van der Waals surface area (Å²) in [5.41, 5.74) is 1.13. The Balaban J connectivity index is 0.00000158. The van der Waals surface area contributed by atoms with E-state index in [9.17, 15) is 10.2 Å². The monoisotopic (exact) mass is 470 g/mol. The van der Waals surface area contributed by atoms with Crippen molar-refractivity contribution in [2.45, 2.75) is 103 Å². The normalized spacial score (nSPS) is 29.4. The highest BCUT2D eigenvalue weighted by molar-refractivity contribution is 5.93. The molecule has 5 heteroatoms. The summed E-state index contributed by atoms with van der Waals surface area (Å²) in [6.07, 6.45) is 11.3. The molecule has 3 aliphatic rings. The Morgan fingerprint density at radius 3 is 2.32 bits per heavy atom. The number of ether oxygens (including phenoxy) is 1. The van der Waals surface area contributed by atoms with Crippen molar-refractivity contribution in [1.82, 2.24) is 4.90 Å². The van der Waals surface area contributed by atoms with Crippen molar-refractivity contribution in [2.24, 2.45) is 16.8 Å². The zero-order chi connectivity index (χ0) is 24.9. The molecular formula is C29H46N2O3. The minimum atomic E-state index is -1.12. The first-order chi connectivity index (χ1) is 16.2. The van der Waals surface area contributed by atoms with Crippen LogP contribution in [0.2, 0.25) is 0 Å². The predicted molar refractivity (Wildman–Crippen MR) is 140 cm³/mol. The van der Waals surface area contributed by atoms with Gasteiger partial charge in [0.25, 0.3) is 0 Å². The van der Waals surface area contributed by atoms with E-state index < -0.39 is 11.3 Å². The van der Waals surface area contributed by atoms with Gasteiger partial charge in [0.05, 0.1) is 12.7 Å². The van der Waals surface area contributed by atoms with E-state index in [0.29, 0.717) is 0 Å². The predicted octanol–water partition coefficient (Wildman–Crippen LogP) is 6.09. The van der Waals surface area contributed by atoms with Gasteiger partial charge in [-0.3, -0.25) is 0 Å². The average Bonchev–Trinajstić information content (AvgIpc) is 3.19. The largest absolute Gasteiger partial charge is 0.497 e. The summed E-state index contributed by atoms with van der Waals surface area (Å²) in [4.78, 5) is 6.91. The number of aliphatic hydroxyl groups is 2. The van der Waals surface area contributed by atoms with E-state index in [2.05, 4.69) is 12.1 Å². The number of benzene rings is 1. The van der Waals surface area contributed by atoms with Gasteiger partial charge in [-0.25, -0.2) is 4.99 Å². The van der Waals surface area contributed by atoms with Crippen LogP contribution in [0.3, 0.4) is 0 Å². The first-order valence-electron chi connectivity index (χ1n) is 13.3. The Labute approximate surface area is 206 Å². The lowest BCUT2D eigenvalue weighted by Gasteiger charge is -2.46. The number of hydrogen-bond donors (Lipinski definition) is 2. The van der Waals surface area contributed by atoms with E-state index >= 15 is 0 Å².